The Balaban J connectivity index is 2.03. The molecule has 1 fully saturated rings. The molecule has 1 aromatic rings. The fourth-order valence-corrected chi connectivity index (χ4v) is 3.42. The molecule has 20 heavy (non-hydrogen) atoms. The highest BCUT2D eigenvalue weighted by Crippen LogP contribution is 2.26. The fourth-order valence-electron chi connectivity index (χ4n) is 2.32. The van der Waals surface area contributed by atoms with E-state index < -0.39 is 15.6 Å². The minimum Gasteiger partial charge on any atom is -0.389 e. The zero-order valence-corrected chi connectivity index (χ0v) is 12.6. The van der Waals surface area contributed by atoms with Crippen LogP contribution in [0.25, 0.3) is 0 Å². The van der Waals surface area contributed by atoms with E-state index in [4.69, 9.17) is 11.6 Å². The highest BCUT2D eigenvalue weighted by molar-refractivity contribution is 7.89. The second-order valence-corrected chi connectivity index (χ2v) is 7.26. The van der Waals surface area contributed by atoms with Crippen molar-refractivity contribution in [3.8, 4) is 0 Å². The van der Waals surface area contributed by atoms with E-state index in [2.05, 4.69) is 14.7 Å². The summed E-state index contributed by atoms with van der Waals surface area (Å²) in [6.45, 7) is 0.0119. The largest absolute Gasteiger partial charge is 0.389 e. The number of aromatic nitrogens is 2. The number of nitrogens with one attached hydrogen (secondary N) is 1. The molecule has 0 saturated heterocycles. The zero-order valence-electron chi connectivity index (χ0n) is 11.0. The second kappa shape index (κ2) is 6.34. The average molecular weight is 320 g/mol. The third kappa shape index (κ3) is 4.12. The molecule has 0 aromatic carbocycles. The summed E-state index contributed by atoms with van der Waals surface area (Å²) in [7, 11) is -3.72. The van der Waals surface area contributed by atoms with E-state index in [0.29, 0.717) is 12.8 Å². The monoisotopic (exact) mass is 319 g/mol. The summed E-state index contributed by atoms with van der Waals surface area (Å²) >= 11 is 5.52. The minimum atomic E-state index is -3.72. The Morgan fingerprint density at radius 3 is 2.30 bits per heavy atom. The maximum atomic E-state index is 12.1. The van der Waals surface area contributed by atoms with Crippen molar-refractivity contribution >= 4 is 21.6 Å². The standard InChI is InChI=1S/C12H18ClN3O3S/c13-11-14-7-10(8-15-11)20(18,19)16-9-12(17)5-3-1-2-4-6-12/h7-8,16-17H,1-6,9H2. The number of nitrogens with zero attached hydrogens (tertiary/aromatic N) is 2. The van der Waals surface area contributed by atoms with Crippen molar-refractivity contribution in [1.82, 2.24) is 14.7 Å². The van der Waals surface area contributed by atoms with E-state index in [1.165, 1.54) is 0 Å². The van der Waals surface area contributed by atoms with Gasteiger partial charge in [-0.15, -0.1) is 0 Å². The van der Waals surface area contributed by atoms with E-state index >= 15 is 0 Å². The smallest absolute Gasteiger partial charge is 0.243 e. The first-order valence-corrected chi connectivity index (χ1v) is 8.47. The Hall–Kier alpha value is -0.760. The Morgan fingerprint density at radius 2 is 1.75 bits per heavy atom. The molecule has 1 aromatic heterocycles. The number of rotatable bonds is 4. The lowest BCUT2D eigenvalue weighted by atomic mass is 9.95. The predicted octanol–water partition coefficient (Wildman–Crippen LogP) is 1.49. The number of aliphatic hydroxyl groups is 1. The second-order valence-electron chi connectivity index (χ2n) is 5.15. The van der Waals surface area contributed by atoms with Crippen molar-refractivity contribution in [2.75, 3.05) is 6.54 Å². The van der Waals surface area contributed by atoms with Gasteiger partial charge in [-0.05, 0) is 24.4 Å². The van der Waals surface area contributed by atoms with Crippen LogP contribution in [0.15, 0.2) is 17.3 Å². The first kappa shape index (κ1) is 15.6. The van der Waals surface area contributed by atoms with Gasteiger partial charge in [-0.3, -0.25) is 0 Å². The van der Waals surface area contributed by atoms with Gasteiger partial charge in [0.1, 0.15) is 4.90 Å². The van der Waals surface area contributed by atoms with Crippen molar-refractivity contribution < 1.29 is 13.5 Å². The number of halogens is 1. The van der Waals surface area contributed by atoms with Crippen LogP contribution in [-0.2, 0) is 10.0 Å². The molecule has 2 N–H and O–H groups in total. The van der Waals surface area contributed by atoms with Crippen LogP contribution in [-0.4, -0.2) is 35.6 Å². The van der Waals surface area contributed by atoms with Crippen LogP contribution in [0.5, 0.6) is 0 Å². The summed E-state index contributed by atoms with van der Waals surface area (Å²) in [4.78, 5) is 7.23. The Kier molecular flexibility index (Phi) is 4.95. The Bertz CT molecular complexity index is 540. The van der Waals surface area contributed by atoms with Gasteiger partial charge in [0.15, 0.2) is 0 Å². The van der Waals surface area contributed by atoms with Crippen LogP contribution in [0.4, 0.5) is 0 Å². The molecule has 0 atom stereocenters. The van der Waals surface area contributed by atoms with E-state index in [1.807, 2.05) is 0 Å². The lowest BCUT2D eigenvalue weighted by Crippen LogP contribution is -2.42. The number of hydrogen-bond acceptors (Lipinski definition) is 5. The van der Waals surface area contributed by atoms with E-state index in [1.54, 1.807) is 0 Å². The SMILES string of the molecule is O=S(=O)(NCC1(O)CCCCCC1)c1cnc(Cl)nc1. The van der Waals surface area contributed by atoms with Gasteiger partial charge in [-0.25, -0.2) is 23.1 Å². The predicted molar refractivity (Wildman–Crippen MR) is 74.9 cm³/mol. The summed E-state index contributed by atoms with van der Waals surface area (Å²) in [5.74, 6) is 0. The molecule has 0 aliphatic heterocycles. The van der Waals surface area contributed by atoms with Gasteiger partial charge in [0.05, 0.1) is 18.0 Å². The van der Waals surface area contributed by atoms with E-state index in [9.17, 15) is 13.5 Å². The van der Waals surface area contributed by atoms with Crippen LogP contribution < -0.4 is 4.72 Å². The Labute approximate surface area is 123 Å². The zero-order chi connectivity index (χ0) is 14.6. The molecule has 0 radical (unpaired) electrons. The maximum Gasteiger partial charge on any atom is 0.243 e. The van der Waals surface area contributed by atoms with Crippen molar-refractivity contribution in [2.45, 2.75) is 49.0 Å². The van der Waals surface area contributed by atoms with Crippen LogP contribution in [0.2, 0.25) is 5.28 Å². The summed E-state index contributed by atoms with van der Waals surface area (Å²) in [6.07, 6.45) is 7.54. The molecule has 2 rings (SSSR count). The molecule has 0 unspecified atom stereocenters. The molecular formula is C12H18ClN3O3S. The normalized spacial score (nSPS) is 19.5. The van der Waals surface area contributed by atoms with Crippen molar-refractivity contribution in [3.05, 3.63) is 17.7 Å². The molecule has 0 bridgehead atoms. The molecule has 1 heterocycles. The van der Waals surface area contributed by atoms with Crippen LogP contribution >= 0.6 is 11.6 Å². The van der Waals surface area contributed by atoms with Crippen molar-refractivity contribution in [3.63, 3.8) is 0 Å². The molecular weight excluding hydrogens is 302 g/mol. The molecule has 112 valence electrons. The van der Waals surface area contributed by atoms with Gasteiger partial charge in [-0.1, -0.05) is 25.7 Å². The van der Waals surface area contributed by atoms with Gasteiger partial charge in [0.25, 0.3) is 0 Å². The highest BCUT2D eigenvalue weighted by atomic mass is 35.5. The maximum absolute atomic E-state index is 12.1. The van der Waals surface area contributed by atoms with E-state index in [-0.39, 0.29) is 16.7 Å². The molecule has 0 amide bonds. The van der Waals surface area contributed by atoms with Crippen LogP contribution in [0.3, 0.4) is 0 Å². The number of sulfonamides is 1. The van der Waals surface area contributed by atoms with Gasteiger partial charge in [0.2, 0.25) is 15.3 Å². The van der Waals surface area contributed by atoms with Crippen molar-refractivity contribution in [1.29, 1.82) is 0 Å². The molecule has 8 heteroatoms. The molecule has 1 saturated carbocycles. The summed E-state index contributed by atoms with van der Waals surface area (Å²) < 4.78 is 26.6. The lowest BCUT2D eigenvalue weighted by molar-refractivity contribution is 0.0303. The summed E-state index contributed by atoms with van der Waals surface area (Å²) in [6, 6.07) is 0. The minimum absolute atomic E-state index is 0.00801. The van der Waals surface area contributed by atoms with Crippen molar-refractivity contribution in [2.24, 2.45) is 0 Å². The average Bonchev–Trinajstić information content (AvgIpc) is 2.63. The molecule has 1 aliphatic rings. The fraction of sp³-hybridized carbons (Fsp3) is 0.667. The van der Waals surface area contributed by atoms with Gasteiger partial charge >= 0.3 is 0 Å². The van der Waals surface area contributed by atoms with Gasteiger partial charge < -0.3 is 5.11 Å². The summed E-state index contributed by atoms with van der Waals surface area (Å²) in [5.41, 5.74) is -0.961. The van der Waals surface area contributed by atoms with Crippen LogP contribution in [0, 0.1) is 0 Å². The number of hydrogen-bond donors (Lipinski definition) is 2. The molecule has 6 nitrogen and oxygen atoms in total. The first-order chi connectivity index (χ1) is 9.41. The third-order valence-electron chi connectivity index (χ3n) is 3.53. The Morgan fingerprint density at radius 1 is 1.20 bits per heavy atom. The van der Waals surface area contributed by atoms with E-state index in [0.717, 1.165) is 38.1 Å². The quantitative estimate of drug-likeness (QED) is 0.648. The summed E-state index contributed by atoms with van der Waals surface area (Å²) in [5, 5.41) is 10.4. The first-order valence-electron chi connectivity index (χ1n) is 6.61. The van der Waals surface area contributed by atoms with Gasteiger partial charge in [-0.2, -0.15) is 0 Å². The van der Waals surface area contributed by atoms with Crippen LogP contribution in [0.1, 0.15) is 38.5 Å². The third-order valence-corrected chi connectivity index (χ3v) is 5.08. The van der Waals surface area contributed by atoms with Gasteiger partial charge in [0, 0.05) is 6.54 Å². The topological polar surface area (TPSA) is 92.2 Å². The highest BCUT2D eigenvalue weighted by Gasteiger charge is 2.30. The molecule has 0 spiro atoms. The lowest BCUT2D eigenvalue weighted by Gasteiger charge is -2.26. The molecule has 1 aliphatic carbocycles.